The van der Waals surface area contributed by atoms with Crippen LogP contribution in [0.3, 0.4) is 0 Å². The second-order valence-electron chi connectivity index (χ2n) is 5.11. The normalized spacial score (nSPS) is 10.6. The van der Waals surface area contributed by atoms with Gasteiger partial charge in [-0.05, 0) is 29.8 Å². The van der Waals surface area contributed by atoms with E-state index in [9.17, 15) is 9.59 Å². The number of halogens is 1. The summed E-state index contributed by atoms with van der Waals surface area (Å²) in [4.78, 5) is 23.9. The Hall–Kier alpha value is -2.79. The lowest BCUT2D eigenvalue weighted by molar-refractivity contribution is 0.355. The standard InChI is InChI=1S/C18H14ClNO4/c1-23-13-8-7-12(9-14(13)24-2)20-16-15(17(21)18(16)22)10-3-5-11(19)6-4-10/h3-9,20H,1-2H3. The van der Waals surface area contributed by atoms with Crippen LogP contribution in [0, 0.1) is 0 Å². The Bertz CT molecular complexity index is 956. The van der Waals surface area contributed by atoms with Gasteiger partial charge in [-0.15, -0.1) is 0 Å². The third-order valence-corrected chi connectivity index (χ3v) is 3.95. The van der Waals surface area contributed by atoms with E-state index in [1.54, 1.807) is 49.6 Å². The van der Waals surface area contributed by atoms with Gasteiger partial charge >= 0.3 is 0 Å². The van der Waals surface area contributed by atoms with Crippen LogP contribution in [0.2, 0.25) is 5.02 Å². The van der Waals surface area contributed by atoms with Crippen molar-refractivity contribution in [3.63, 3.8) is 0 Å². The van der Waals surface area contributed by atoms with E-state index in [0.29, 0.717) is 33.3 Å². The largest absolute Gasteiger partial charge is 0.493 e. The Morgan fingerprint density at radius 1 is 0.875 bits per heavy atom. The second kappa shape index (κ2) is 6.37. The van der Waals surface area contributed by atoms with Crippen LogP contribution >= 0.6 is 11.6 Å². The lowest BCUT2D eigenvalue weighted by Crippen LogP contribution is -2.35. The summed E-state index contributed by atoms with van der Waals surface area (Å²) in [5, 5.41) is 3.55. The lowest BCUT2D eigenvalue weighted by Gasteiger charge is -2.15. The van der Waals surface area contributed by atoms with Crippen molar-refractivity contribution in [2.24, 2.45) is 0 Å². The van der Waals surface area contributed by atoms with E-state index >= 15 is 0 Å². The number of nitrogens with one attached hydrogen (secondary N) is 1. The van der Waals surface area contributed by atoms with E-state index in [2.05, 4.69) is 5.32 Å². The van der Waals surface area contributed by atoms with E-state index in [1.165, 1.54) is 7.11 Å². The predicted octanol–water partition coefficient (Wildman–Crippen LogP) is 3.36. The van der Waals surface area contributed by atoms with Crippen molar-refractivity contribution in [3.05, 3.63) is 67.9 Å². The first-order valence-electron chi connectivity index (χ1n) is 7.13. The number of ether oxygens (including phenoxy) is 2. The molecule has 6 heteroatoms. The fraction of sp³-hybridized carbons (Fsp3) is 0.111. The van der Waals surface area contributed by atoms with E-state index in [4.69, 9.17) is 21.1 Å². The van der Waals surface area contributed by atoms with E-state index < -0.39 is 10.9 Å². The molecule has 122 valence electrons. The smallest absolute Gasteiger partial charge is 0.250 e. The second-order valence-corrected chi connectivity index (χ2v) is 5.55. The molecule has 3 rings (SSSR count). The molecule has 0 aromatic heterocycles. The molecule has 0 radical (unpaired) electrons. The van der Waals surface area contributed by atoms with Crippen molar-refractivity contribution in [1.82, 2.24) is 0 Å². The predicted molar refractivity (Wildman–Crippen MR) is 94.6 cm³/mol. The van der Waals surface area contributed by atoms with Crippen molar-refractivity contribution < 1.29 is 9.47 Å². The average Bonchev–Trinajstić information content (AvgIpc) is 2.62. The van der Waals surface area contributed by atoms with E-state index in [-0.39, 0.29) is 5.69 Å². The highest BCUT2D eigenvalue weighted by atomic mass is 35.5. The highest BCUT2D eigenvalue weighted by Gasteiger charge is 2.22. The van der Waals surface area contributed by atoms with Gasteiger partial charge in [-0.25, -0.2) is 0 Å². The van der Waals surface area contributed by atoms with Crippen LogP contribution < -0.4 is 25.6 Å². The van der Waals surface area contributed by atoms with Gasteiger partial charge in [0.05, 0.1) is 19.8 Å². The van der Waals surface area contributed by atoms with Crippen LogP contribution in [-0.2, 0) is 0 Å². The molecule has 5 nitrogen and oxygen atoms in total. The maximum Gasteiger partial charge on any atom is 0.250 e. The highest BCUT2D eigenvalue weighted by molar-refractivity contribution is 6.30. The first-order chi connectivity index (χ1) is 11.5. The number of rotatable bonds is 5. The summed E-state index contributed by atoms with van der Waals surface area (Å²) in [6.07, 6.45) is 0. The fourth-order valence-corrected chi connectivity index (χ4v) is 2.59. The Kier molecular flexibility index (Phi) is 4.27. The summed E-state index contributed by atoms with van der Waals surface area (Å²) in [7, 11) is 3.07. The van der Waals surface area contributed by atoms with E-state index in [0.717, 1.165) is 0 Å². The fourth-order valence-electron chi connectivity index (χ4n) is 2.46. The molecule has 0 aliphatic heterocycles. The number of benzene rings is 2. The minimum atomic E-state index is -0.547. The minimum absolute atomic E-state index is 0.259. The topological polar surface area (TPSA) is 64.6 Å². The van der Waals surface area contributed by atoms with Crippen LogP contribution in [0.15, 0.2) is 52.1 Å². The summed E-state index contributed by atoms with van der Waals surface area (Å²) in [5.74, 6) is 1.10. The van der Waals surface area contributed by atoms with Crippen molar-refractivity contribution in [2.45, 2.75) is 0 Å². The number of methoxy groups -OCH3 is 2. The molecule has 0 aliphatic rings. The molecule has 3 aromatic carbocycles. The first kappa shape index (κ1) is 16.1. The Labute approximate surface area is 143 Å². The Morgan fingerprint density at radius 3 is 2.17 bits per heavy atom. The van der Waals surface area contributed by atoms with Crippen LogP contribution in [0.1, 0.15) is 0 Å². The van der Waals surface area contributed by atoms with Gasteiger partial charge in [0.2, 0.25) is 5.43 Å². The molecular formula is C18H14ClNO4. The zero-order valence-electron chi connectivity index (χ0n) is 13.1. The van der Waals surface area contributed by atoms with Crippen LogP contribution in [0.5, 0.6) is 11.5 Å². The molecular weight excluding hydrogens is 330 g/mol. The number of anilines is 2. The number of hydrogen-bond acceptors (Lipinski definition) is 5. The minimum Gasteiger partial charge on any atom is -0.493 e. The SMILES string of the molecule is COc1ccc(Nc2c(-c3ccc(Cl)cc3)c(=O)c2=O)cc1OC. The quantitative estimate of drug-likeness (QED) is 0.720. The molecule has 24 heavy (non-hydrogen) atoms. The van der Waals surface area contributed by atoms with Gasteiger partial charge < -0.3 is 14.8 Å². The molecule has 0 bridgehead atoms. The van der Waals surface area contributed by atoms with Gasteiger partial charge in [-0.1, -0.05) is 23.7 Å². The zero-order valence-corrected chi connectivity index (χ0v) is 13.8. The van der Waals surface area contributed by atoms with Gasteiger partial charge in [0.15, 0.2) is 11.5 Å². The van der Waals surface area contributed by atoms with Gasteiger partial charge in [0.1, 0.15) is 5.69 Å². The van der Waals surface area contributed by atoms with Crippen molar-refractivity contribution in [2.75, 3.05) is 19.5 Å². The third kappa shape index (κ3) is 2.74. The van der Waals surface area contributed by atoms with Crippen molar-refractivity contribution in [1.29, 1.82) is 0 Å². The first-order valence-corrected chi connectivity index (χ1v) is 7.51. The molecule has 3 aromatic rings. The Balaban J connectivity index is 1.97. The molecule has 0 saturated heterocycles. The van der Waals surface area contributed by atoms with Crippen LogP contribution in [0.4, 0.5) is 11.4 Å². The molecule has 1 N–H and O–H groups in total. The van der Waals surface area contributed by atoms with Gasteiger partial charge in [0, 0.05) is 16.8 Å². The zero-order chi connectivity index (χ0) is 17.3. The Morgan fingerprint density at radius 2 is 1.54 bits per heavy atom. The summed E-state index contributed by atoms with van der Waals surface area (Å²) in [6.45, 7) is 0. The van der Waals surface area contributed by atoms with Crippen molar-refractivity contribution in [3.8, 4) is 22.6 Å². The maximum atomic E-state index is 11.9. The molecule has 0 amide bonds. The average molecular weight is 344 g/mol. The van der Waals surface area contributed by atoms with Gasteiger partial charge in [-0.3, -0.25) is 9.59 Å². The van der Waals surface area contributed by atoms with Crippen LogP contribution in [0.25, 0.3) is 11.1 Å². The summed E-state index contributed by atoms with van der Waals surface area (Å²) >= 11 is 5.86. The summed E-state index contributed by atoms with van der Waals surface area (Å²) in [6, 6.07) is 11.9. The number of hydrogen-bond donors (Lipinski definition) is 1. The summed E-state index contributed by atoms with van der Waals surface area (Å²) < 4.78 is 10.4. The molecule has 0 atom stereocenters. The van der Waals surface area contributed by atoms with Gasteiger partial charge in [0.25, 0.3) is 5.43 Å². The lowest BCUT2D eigenvalue weighted by atomic mass is 9.98. The molecule has 0 saturated carbocycles. The summed E-state index contributed by atoms with van der Waals surface area (Å²) in [5.41, 5.74) is 0.818. The van der Waals surface area contributed by atoms with Gasteiger partial charge in [-0.2, -0.15) is 0 Å². The highest BCUT2D eigenvalue weighted by Crippen LogP contribution is 2.33. The molecule has 0 spiro atoms. The molecule has 0 unspecified atom stereocenters. The third-order valence-electron chi connectivity index (χ3n) is 3.70. The molecule has 0 heterocycles. The molecule has 0 fully saturated rings. The maximum absolute atomic E-state index is 11.9. The monoisotopic (exact) mass is 343 g/mol. The van der Waals surface area contributed by atoms with E-state index in [1.807, 2.05) is 0 Å². The van der Waals surface area contributed by atoms with Crippen molar-refractivity contribution >= 4 is 23.0 Å². The van der Waals surface area contributed by atoms with Crippen LogP contribution in [-0.4, -0.2) is 14.2 Å². The molecule has 0 aliphatic carbocycles.